The number of rotatable bonds is 1. The molecule has 1 aromatic rings. The molecule has 2 rings (SSSR count). The zero-order chi connectivity index (χ0) is 15.6. The zero-order valence-electron chi connectivity index (χ0n) is 12.4. The number of benzene rings is 1. The van der Waals surface area contributed by atoms with E-state index in [1.807, 2.05) is 0 Å². The van der Waals surface area contributed by atoms with Gasteiger partial charge >= 0.3 is 6.03 Å². The molecule has 0 unspecified atom stereocenters. The van der Waals surface area contributed by atoms with Crippen LogP contribution in [0.5, 0.6) is 0 Å². The fraction of sp³-hybridized carbons (Fsp3) is 0.429. The molecule has 4 N–H and O–H groups in total. The maximum atomic E-state index is 12.4. The van der Waals surface area contributed by atoms with Crippen molar-refractivity contribution in [1.82, 2.24) is 14.7 Å². The van der Waals surface area contributed by atoms with Crippen molar-refractivity contribution in [2.24, 2.45) is 0 Å². The van der Waals surface area contributed by atoms with Gasteiger partial charge in [0.1, 0.15) is 0 Å². The van der Waals surface area contributed by atoms with Gasteiger partial charge in [-0.05, 0) is 18.2 Å². The summed E-state index contributed by atoms with van der Waals surface area (Å²) in [6, 6.07) is 4.85. The predicted molar refractivity (Wildman–Crippen MR) is 81.8 cm³/mol. The van der Waals surface area contributed by atoms with Crippen LogP contribution in [0.25, 0.3) is 0 Å². The molecular weight excluding hydrogens is 270 g/mol. The quantitative estimate of drug-likeness (QED) is 0.727. The Morgan fingerprint density at radius 3 is 2.14 bits per heavy atom. The van der Waals surface area contributed by atoms with Gasteiger partial charge in [0.05, 0.1) is 5.56 Å². The van der Waals surface area contributed by atoms with Crippen molar-refractivity contribution < 1.29 is 9.59 Å². The molecule has 7 nitrogen and oxygen atoms in total. The first-order chi connectivity index (χ1) is 9.90. The van der Waals surface area contributed by atoms with E-state index < -0.39 is 0 Å². The van der Waals surface area contributed by atoms with Gasteiger partial charge in [-0.2, -0.15) is 0 Å². The Hall–Kier alpha value is -2.44. The van der Waals surface area contributed by atoms with E-state index >= 15 is 0 Å². The number of anilines is 2. The lowest BCUT2D eigenvalue weighted by Gasteiger charge is -2.36. The van der Waals surface area contributed by atoms with Gasteiger partial charge in [0.2, 0.25) is 0 Å². The molecule has 1 heterocycles. The highest BCUT2D eigenvalue weighted by molar-refractivity contribution is 5.99. The van der Waals surface area contributed by atoms with E-state index in [1.54, 1.807) is 42.1 Å². The van der Waals surface area contributed by atoms with Crippen LogP contribution in [-0.2, 0) is 0 Å². The molecule has 0 atom stereocenters. The first-order valence-corrected chi connectivity index (χ1v) is 6.80. The van der Waals surface area contributed by atoms with E-state index in [0.29, 0.717) is 43.1 Å². The Morgan fingerprint density at radius 2 is 1.62 bits per heavy atom. The standard InChI is InChI=1S/C14H21N5O2/c1-17(2)14(21)19-7-5-18(6-8-19)13(20)11-4-3-10(15)9-12(11)16/h3-4,9H,5-8,15-16H2,1-2H3. The van der Waals surface area contributed by atoms with E-state index in [9.17, 15) is 9.59 Å². The van der Waals surface area contributed by atoms with Crippen molar-refractivity contribution in [3.05, 3.63) is 23.8 Å². The van der Waals surface area contributed by atoms with Crippen molar-refractivity contribution in [3.8, 4) is 0 Å². The Bertz CT molecular complexity index is 550. The highest BCUT2D eigenvalue weighted by atomic mass is 16.2. The van der Waals surface area contributed by atoms with Gasteiger partial charge in [-0.1, -0.05) is 0 Å². The number of urea groups is 1. The summed E-state index contributed by atoms with van der Waals surface area (Å²) >= 11 is 0. The summed E-state index contributed by atoms with van der Waals surface area (Å²) < 4.78 is 0. The number of hydrogen-bond acceptors (Lipinski definition) is 4. The van der Waals surface area contributed by atoms with Gasteiger partial charge in [0.25, 0.3) is 5.91 Å². The molecule has 21 heavy (non-hydrogen) atoms. The van der Waals surface area contributed by atoms with Crippen LogP contribution in [0.3, 0.4) is 0 Å². The average Bonchev–Trinajstić information content (AvgIpc) is 2.46. The highest BCUT2D eigenvalue weighted by Gasteiger charge is 2.26. The van der Waals surface area contributed by atoms with Crippen LogP contribution in [0, 0.1) is 0 Å². The molecule has 0 bridgehead atoms. The van der Waals surface area contributed by atoms with Crippen LogP contribution in [0.15, 0.2) is 18.2 Å². The molecule has 114 valence electrons. The van der Waals surface area contributed by atoms with Gasteiger partial charge in [0, 0.05) is 51.6 Å². The molecule has 0 aliphatic carbocycles. The lowest BCUT2D eigenvalue weighted by atomic mass is 10.1. The third-order valence-electron chi connectivity index (χ3n) is 3.53. The number of carbonyl (C=O) groups is 2. The van der Waals surface area contributed by atoms with Crippen molar-refractivity contribution in [2.45, 2.75) is 0 Å². The van der Waals surface area contributed by atoms with Gasteiger partial charge in [0.15, 0.2) is 0 Å². The second-order valence-electron chi connectivity index (χ2n) is 5.30. The third-order valence-corrected chi connectivity index (χ3v) is 3.53. The minimum atomic E-state index is -0.121. The SMILES string of the molecule is CN(C)C(=O)N1CCN(C(=O)c2ccc(N)cc2N)CC1. The number of nitrogens with zero attached hydrogens (tertiary/aromatic N) is 3. The first-order valence-electron chi connectivity index (χ1n) is 6.80. The second-order valence-corrected chi connectivity index (χ2v) is 5.30. The number of hydrogen-bond donors (Lipinski definition) is 2. The number of amides is 3. The first kappa shape index (κ1) is 15.0. The molecule has 1 saturated heterocycles. The summed E-state index contributed by atoms with van der Waals surface area (Å²) in [7, 11) is 3.43. The molecule has 1 aliphatic heterocycles. The molecule has 1 aromatic carbocycles. The highest BCUT2D eigenvalue weighted by Crippen LogP contribution is 2.18. The van der Waals surface area contributed by atoms with Crippen LogP contribution in [0.2, 0.25) is 0 Å². The molecule has 1 fully saturated rings. The van der Waals surface area contributed by atoms with Gasteiger partial charge in [-0.3, -0.25) is 4.79 Å². The maximum absolute atomic E-state index is 12.4. The lowest BCUT2D eigenvalue weighted by molar-refractivity contribution is 0.0651. The van der Waals surface area contributed by atoms with Crippen molar-refractivity contribution >= 4 is 23.3 Å². The van der Waals surface area contributed by atoms with Crippen LogP contribution in [-0.4, -0.2) is 66.9 Å². The number of piperazine rings is 1. The third kappa shape index (κ3) is 3.18. The molecule has 1 aliphatic rings. The fourth-order valence-corrected chi connectivity index (χ4v) is 2.33. The van der Waals surface area contributed by atoms with Crippen molar-refractivity contribution in [2.75, 3.05) is 51.7 Å². The van der Waals surface area contributed by atoms with Crippen LogP contribution in [0.1, 0.15) is 10.4 Å². The summed E-state index contributed by atoms with van der Waals surface area (Å²) in [5.74, 6) is -0.121. The fourth-order valence-electron chi connectivity index (χ4n) is 2.33. The van der Waals surface area contributed by atoms with Crippen LogP contribution >= 0.6 is 0 Å². The van der Waals surface area contributed by atoms with Gasteiger partial charge < -0.3 is 26.2 Å². The average molecular weight is 291 g/mol. The summed E-state index contributed by atoms with van der Waals surface area (Å²) in [6.07, 6.45) is 0. The van der Waals surface area contributed by atoms with Crippen LogP contribution < -0.4 is 11.5 Å². The summed E-state index contributed by atoms with van der Waals surface area (Å²) in [5.41, 5.74) is 12.8. The van der Waals surface area contributed by atoms with Gasteiger partial charge in [-0.15, -0.1) is 0 Å². The maximum Gasteiger partial charge on any atom is 0.319 e. The van der Waals surface area contributed by atoms with E-state index in [4.69, 9.17) is 11.5 Å². The topological polar surface area (TPSA) is 95.9 Å². The van der Waals surface area contributed by atoms with E-state index in [2.05, 4.69) is 0 Å². The largest absolute Gasteiger partial charge is 0.399 e. The summed E-state index contributed by atoms with van der Waals surface area (Å²) in [4.78, 5) is 29.3. The molecule has 0 aromatic heterocycles. The molecule has 0 radical (unpaired) electrons. The Balaban J connectivity index is 2.02. The smallest absolute Gasteiger partial charge is 0.319 e. The number of nitrogen functional groups attached to an aromatic ring is 2. The molecule has 0 spiro atoms. The Labute approximate surface area is 124 Å². The molecule has 3 amide bonds. The zero-order valence-corrected chi connectivity index (χ0v) is 12.4. The van der Waals surface area contributed by atoms with E-state index in [0.717, 1.165) is 0 Å². The second kappa shape index (κ2) is 5.90. The summed E-state index contributed by atoms with van der Waals surface area (Å²) in [6.45, 7) is 2.06. The lowest BCUT2D eigenvalue weighted by Crippen LogP contribution is -2.52. The monoisotopic (exact) mass is 291 g/mol. The van der Waals surface area contributed by atoms with E-state index in [-0.39, 0.29) is 11.9 Å². The molecular formula is C14H21N5O2. The number of carbonyl (C=O) groups excluding carboxylic acids is 2. The predicted octanol–water partition coefficient (Wildman–Crippen LogP) is 0.290. The van der Waals surface area contributed by atoms with Gasteiger partial charge in [-0.25, -0.2) is 4.79 Å². The van der Waals surface area contributed by atoms with Crippen molar-refractivity contribution in [1.29, 1.82) is 0 Å². The van der Waals surface area contributed by atoms with Crippen molar-refractivity contribution in [3.63, 3.8) is 0 Å². The molecule has 7 heteroatoms. The minimum Gasteiger partial charge on any atom is -0.399 e. The normalized spacial score (nSPS) is 15.0. The number of nitrogens with two attached hydrogens (primary N) is 2. The minimum absolute atomic E-state index is 0.0332. The Kier molecular flexibility index (Phi) is 4.21. The Morgan fingerprint density at radius 1 is 1.05 bits per heavy atom. The van der Waals surface area contributed by atoms with Crippen LogP contribution in [0.4, 0.5) is 16.2 Å². The molecule has 0 saturated carbocycles. The van der Waals surface area contributed by atoms with E-state index in [1.165, 1.54) is 4.90 Å². The summed E-state index contributed by atoms with van der Waals surface area (Å²) in [5, 5.41) is 0.